The molecule has 0 spiro atoms. The number of benzene rings is 2. The summed E-state index contributed by atoms with van der Waals surface area (Å²) < 4.78 is 5.74. The maximum atomic E-state index is 11.6. The van der Waals surface area contributed by atoms with Gasteiger partial charge in [0.25, 0.3) is 0 Å². The van der Waals surface area contributed by atoms with Crippen molar-refractivity contribution in [3.05, 3.63) is 59.7 Å². The Morgan fingerprint density at radius 3 is 2.48 bits per heavy atom. The van der Waals surface area contributed by atoms with Crippen molar-refractivity contribution in [2.24, 2.45) is 0 Å². The van der Waals surface area contributed by atoms with Crippen molar-refractivity contribution >= 4 is 11.7 Å². The summed E-state index contributed by atoms with van der Waals surface area (Å²) in [6.07, 6.45) is 3.45. The van der Waals surface area contributed by atoms with E-state index < -0.39 is 5.97 Å². The Hall–Kier alpha value is -2.49. The summed E-state index contributed by atoms with van der Waals surface area (Å²) in [6.45, 7) is 2.28. The normalized spacial score (nSPS) is 14.5. The molecule has 4 nitrogen and oxygen atoms in total. The minimum absolute atomic E-state index is 0.317. The maximum absolute atomic E-state index is 11.6. The number of hydrogen-bond donors (Lipinski definition) is 1. The lowest BCUT2D eigenvalue weighted by Gasteiger charge is -2.30. The predicted molar refractivity (Wildman–Crippen MR) is 90.2 cm³/mol. The SMILES string of the molecule is O=C(O)c1cc(OCc2ccccc2)ccc1N1CCCCC1. The highest BCUT2D eigenvalue weighted by atomic mass is 16.5. The third-order valence-electron chi connectivity index (χ3n) is 4.14. The quantitative estimate of drug-likeness (QED) is 0.908. The van der Waals surface area contributed by atoms with E-state index in [9.17, 15) is 9.90 Å². The Bertz CT molecular complexity index is 664. The van der Waals surface area contributed by atoms with Crippen LogP contribution in [-0.2, 0) is 6.61 Å². The standard InChI is InChI=1S/C19H21NO3/c21-19(22)17-13-16(23-14-15-7-3-1-4-8-15)9-10-18(17)20-11-5-2-6-12-20/h1,3-4,7-10,13H,2,5-6,11-12,14H2,(H,21,22). The molecule has 0 saturated carbocycles. The fourth-order valence-corrected chi connectivity index (χ4v) is 2.93. The first kappa shape index (κ1) is 15.4. The number of hydrogen-bond acceptors (Lipinski definition) is 3. The van der Waals surface area contributed by atoms with Gasteiger partial charge in [0.2, 0.25) is 0 Å². The molecule has 0 unspecified atom stereocenters. The average molecular weight is 311 g/mol. The van der Waals surface area contributed by atoms with Gasteiger partial charge in [-0.05, 0) is 43.0 Å². The van der Waals surface area contributed by atoms with E-state index in [1.807, 2.05) is 42.5 Å². The van der Waals surface area contributed by atoms with Gasteiger partial charge in [0.1, 0.15) is 12.4 Å². The molecule has 1 aliphatic heterocycles. The molecule has 0 bridgehead atoms. The topological polar surface area (TPSA) is 49.8 Å². The molecule has 0 aromatic heterocycles. The van der Waals surface area contributed by atoms with E-state index in [4.69, 9.17) is 4.74 Å². The summed E-state index contributed by atoms with van der Waals surface area (Å²) in [5.41, 5.74) is 2.17. The number of ether oxygens (including phenoxy) is 1. The number of piperidine rings is 1. The van der Waals surface area contributed by atoms with Crippen LogP contribution >= 0.6 is 0 Å². The number of carbonyl (C=O) groups is 1. The lowest BCUT2D eigenvalue weighted by Crippen LogP contribution is -2.30. The van der Waals surface area contributed by atoms with Crippen LogP contribution in [0.3, 0.4) is 0 Å². The number of aromatic carboxylic acids is 1. The zero-order valence-electron chi connectivity index (χ0n) is 13.1. The van der Waals surface area contributed by atoms with E-state index in [0.29, 0.717) is 17.9 Å². The molecule has 1 fully saturated rings. The van der Waals surface area contributed by atoms with Crippen molar-refractivity contribution in [3.63, 3.8) is 0 Å². The Labute approximate surface area is 136 Å². The molecule has 1 saturated heterocycles. The molecule has 0 atom stereocenters. The van der Waals surface area contributed by atoms with Crippen LogP contribution in [0.5, 0.6) is 5.75 Å². The molecular formula is C19H21NO3. The summed E-state index contributed by atoms with van der Waals surface area (Å²) in [6, 6.07) is 15.2. The average Bonchev–Trinajstić information content (AvgIpc) is 2.61. The van der Waals surface area contributed by atoms with E-state index in [1.54, 1.807) is 6.07 Å². The highest BCUT2D eigenvalue weighted by molar-refractivity contribution is 5.95. The summed E-state index contributed by atoms with van der Waals surface area (Å²) >= 11 is 0. The second kappa shape index (κ2) is 7.18. The summed E-state index contributed by atoms with van der Waals surface area (Å²) in [5, 5.41) is 9.52. The van der Waals surface area contributed by atoms with E-state index in [-0.39, 0.29) is 0 Å². The zero-order chi connectivity index (χ0) is 16.1. The third kappa shape index (κ3) is 3.83. The molecule has 2 aromatic rings. The second-order valence-electron chi connectivity index (χ2n) is 5.81. The molecule has 1 N–H and O–H groups in total. The van der Waals surface area contributed by atoms with Crippen molar-refractivity contribution in [1.29, 1.82) is 0 Å². The Morgan fingerprint density at radius 1 is 1.04 bits per heavy atom. The fourth-order valence-electron chi connectivity index (χ4n) is 2.93. The van der Waals surface area contributed by atoms with Gasteiger partial charge < -0.3 is 14.7 Å². The molecule has 2 aromatic carbocycles. The number of nitrogens with zero attached hydrogens (tertiary/aromatic N) is 1. The fraction of sp³-hybridized carbons (Fsp3) is 0.316. The molecule has 23 heavy (non-hydrogen) atoms. The van der Waals surface area contributed by atoms with E-state index in [1.165, 1.54) is 6.42 Å². The summed E-state index contributed by atoms with van der Waals surface area (Å²) in [4.78, 5) is 13.8. The zero-order valence-corrected chi connectivity index (χ0v) is 13.1. The molecule has 0 amide bonds. The highest BCUT2D eigenvalue weighted by Crippen LogP contribution is 2.28. The molecule has 0 aliphatic carbocycles. The Morgan fingerprint density at radius 2 is 1.78 bits per heavy atom. The lowest BCUT2D eigenvalue weighted by molar-refractivity contribution is 0.0697. The third-order valence-corrected chi connectivity index (χ3v) is 4.14. The van der Waals surface area contributed by atoms with E-state index >= 15 is 0 Å². The number of anilines is 1. The monoisotopic (exact) mass is 311 g/mol. The van der Waals surface area contributed by atoms with Gasteiger partial charge in [-0.2, -0.15) is 0 Å². The van der Waals surface area contributed by atoms with Gasteiger partial charge in [-0.3, -0.25) is 0 Å². The molecule has 1 aliphatic rings. The van der Waals surface area contributed by atoms with Crippen LogP contribution in [0.25, 0.3) is 0 Å². The van der Waals surface area contributed by atoms with Crippen LogP contribution in [0.4, 0.5) is 5.69 Å². The largest absolute Gasteiger partial charge is 0.489 e. The highest BCUT2D eigenvalue weighted by Gasteiger charge is 2.19. The van der Waals surface area contributed by atoms with Gasteiger partial charge in [-0.25, -0.2) is 4.79 Å². The van der Waals surface area contributed by atoms with Crippen LogP contribution in [-0.4, -0.2) is 24.2 Å². The minimum atomic E-state index is -0.907. The number of rotatable bonds is 5. The minimum Gasteiger partial charge on any atom is -0.489 e. The second-order valence-corrected chi connectivity index (χ2v) is 5.81. The molecule has 4 heteroatoms. The lowest BCUT2D eigenvalue weighted by atomic mass is 10.1. The van der Waals surface area contributed by atoms with Gasteiger partial charge in [-0.1, -0.05) is 30.3 Å². The van der Waals surface area contributed by atoms with Gasteiger partial charge in [-0.15, -0.1) is 0 Å². The summed E-state index contributed by atoms with van der Waals surface area (Å²) in [5.74, 6) is -0.317. The first-order valence-corrected chi connectivity index (χ1v) is 8.03. The molecular weight excluding hydrogens is 290 g/mol. The smallest absolute Gasteiger partial charge is 0.337 e. The van der Waals surface area contributed by atoms with E-state index in [2.05, 4.69) is 4.90 Å². The first-order chi connectivity index (χ1) is 11.2. The predicted octanol–water partition coefficient (Wildman–Crippen LogP) is 3.95. The molecule has 120 valence electrons. The first-order valence-electron chi connectivity index (χ1n) is 8.03. The van der Waals surface area contributed by atoms with Crippen LogP contribution in [0.2, 0.25) is 0 Å². The van der Waals surface area contributed by atoms with Crippen molar-refractivity contribution < 1.29 is 14.6 Å². The Balaban J connectivity index is 1.77. The summed E-state index contributed by atoms with van der Waals surface area (Å²) in [7, 11) is 0. The van der Waals surface area contributed by atoms with Crippen molar-refractivity contribution in [1.82, 2.24) is 0 Å². The van der Waals surface area contributed by atoms with Crippen LogP contribution in [0.15, 0.2) is 48.5 Å². The van der Waals surface area contributed by atoms with Crippen molar-refractivity contribution in [3.8, 4) is 5.75 Å². The van der Waals surface area contributed by atoms with E-state index in [0.717, 1.165) is 37.2 Å². The van der Waals surface area contributed by atoms with Gasteiger partial charge in [0.05, 0.1) is 11.3 Å². The van der Waals surface area contributed by atoms with Crippen LogP contribution in [0, 0.1) is 0 Å². The Kier molecular flexibility index (Phi) is 4.81. The molecule has 0 radical (unpaired) electrons. The van der Waals surface area contributed by atoms with Crippen molar-refractivity contribution in [2.45, 2.75) is 25.9 Å². The van der Waals surface area contributed by atoms with Gasteiger partial charge in [0.15, 0.2) is 0 Å². The molecule has 1 heterocycles. The van der Waals surface area contributed by atoms with Gasteiger partial charge in [0, 0.05) is 13.1 Å². The maximum Gasteiger partial charge on any atom is 0.337 e. The number of carboxylic acid groups (broad SMARTS) is 1. The van der Waals surface area contributed by atoms with Gasteiger partial charge >= 0.3 is 5.97 Å². The number of carboxylic acids is 1. The van der Waals surface area contributed by atoms with Crippen LogP contribution in [0.1, 0.15) is 35.2 Å². The van der Waals surface area contributed by atoms with Crippen LogP contribution < -0.4 is 9.64 Å². The van der Waals surface area contributed by atoms with Crippen molar-refractivity contribution in [2.75, 3.05) is 18.0 Å². The molecule has 3 rings (SSSR count).